The van der Waals surface area contributed by atoms with Crippen molar-refractivity contribution in [2.45, 2.75) is 6.92 Å². The molecule has 0 spiro atoms. The van der Waals surface area contributed by atoms with Crippen molar-refractivity contribution in [3.05, 3.63) is 56.7 Å². The van der Waals surface area contributed by atoms with E-state index in [1.165, 1.54) is 6.21 Å². The molecule has 0 aliphatic heterocycles. The summed E-state index contributed by atoms with van der Waals surface area (Å²) >= 11 is 6.64. The van der Waals surface area contributed by atoms with E-state index in [9.17, 15) is 9.59 Å². The van der Waals surface area contributed by atoms with E-state index >= 15 is 0 Å². The van der Waals surface area contributed by atoms with E-state index in [0.29, 0.717) is 38.2 Å². The fraction of sp³-hybridized carbons (Fsp3) is 0.150. The second-order valence-electron chi connectivity index (χ2n) is 5.94. The van der Waals surface area contributed by atoms with Gasteiger partial charge in [-0.2, -0.15) is 5.10 Å². The molecule has 1 heterocycles. The van der Waals surface area contributed by atoms with Gasteiger partial charge in [0.2, 0.25) is 0 Å². The molecule has 1 aromatic heterocycles. The molecule has 156 valence electrons. The van der Waals surface area contributed by atoms with E-state index in [4.69, 9.17) is 19.0 Å². The van der Waals surface area contributed by atoms with Crippen molar-refractivity contribution in [2.24, 2.45) is 5.10 Å². The molecule has 1 amide bonds. The highest BCUT2D eigenvalue weighted by molar-refractivity contribution is 9.11. The van der Waals surface area contributed by atoms with Crippen LogP contribution in [0.2, 0.25) is 0 Å². The van der Waals surface area contributed by atoms with Gasteiger partial charge in [-0.05, 0) is 80.7 Å². The first-order chi connectivity index (χ1) is 14.4. The quantitative estimate of drug-likeness (QED) is 0.320. The number of fused-ring (bicyclic) bond motifs is 1. The number of hydrogen-bond acceptors (Lipinski definition) is 6. The summed E-state index contributed by atoms with van der Waals surface area (Å²) in [4.78, 5) is 23.0. The Morgan fingerprint density at radius 3 is 2.57 bits per heavy atom. The number of carboxylic acid groups (broad SMARTS) is 1. The summed E-state index contributed by atoms with van der Waals surface area (Å²) in [5.74, 6) is -0.410. The average molecular weight is 540 g/mol. The summed E-state index contributed by atoms with van der Waals surface area (Å²) in [5, 5.41) is 13.4. The van der Waals surface area contributed by atoms with Gasteiger partial charge in [0.25, 0.3) is 0 Å². The van der Waals surface area contributed by atoms with E-state index in [1.807, 2.05) is 6.92 Å². The van der Waals surface area contributed by atoms with E-state index in [0.717, 1.165) is 5.39 Å². The first-order valence-electron chi connectivity index (χ1n) is 8.70. The van der Waals surface area contributed by atoms with Crippen LogP contribution in [0, 0.1) is 0 Å². The summed E-state index contributed by atoms with van der Waals surface area (Å²) in [6.45, 7) is 1.97. The number of benzene rings is 2. The van der Waals surface area contributed by atoms with Crippen LogP contribution >= 0.6 is 31.9 Å². The van der Waals surface area contributed by atoms with Crippen molar-refractivity contribution in [3.63, 3.8) is 0 Å². The van der Waals surface area contributed by atoms with Gasteiger partial charge >= 0.3 is 11.9 Å². The summed E-state index contributed by atoms with van der Waals surface area (Å²) in [5.41, 5.74) is 3.62. The Morgan fingerprint density at radius 1 is 1.17 bits per heavy atom. The SMILES string of the molecule is CCOc1ccc2oc(C(=O)N/N=C/c3cc(Br)c(OCC(=O)O)c(Br)c3)cc2c1. The number of furan rings is 1. The molecule has 0 saturated carbocycles. The van der Waals surface area contributed by atoms with Gasteiger partial charge in [0.1, 0.15) is 17.1 Å². The van der Waals surface area contributed by atoms with Gasteiger partial charge in [-0.25, -0.2) is 10.2 Å². The largest absolute Gasteiger partial charge is 0.494 e. The van der Waals surface area contributed by atoms with Crippen LogP contribution in [0.1, 0.15) is 23.0 Å². The maximum absolute atomic E-state index is 12.3. The Balaban J connectivity index is 1.68. The molecule has 0 saturated heterocycles. The average Bonchev–Trinajstić information content (AvgIpc) is 3.11. The lowest BCUT2D eigenvalue weighted by Gasteiger charge is -2.09. The van der Waals surface area contributed by atoms with Crippen LogP contribution in [-0.2, 0) is 4.79 Å². The molecular formula is C20H16Br2N2O6. The molecule has 0 aliphatic rings. The maximum Gasteiger partial charge on any atom is 0.341 e. The molecule has 0 fully saturated rings. The summed E-state index contributed by atoms with van der Waals surface area (Å²) in [7, 11) is 0. The molecule has 2 aromatic carbocycles. The number of aliphatic carboxylic acids is 1. The number of halogens is 2. The normalized spacial score (nSPS) is 11.0. The van der Waals surface area contributed by atoms with Crippen molar-refractivity contribution >= 4 is 60.9 Å². The second-order valence-corrected chi connectivity index (χ2v) is 7.65. The number of hydrazone groups is 1. The molecule has 0 unspecified atom stereocenters. The molecule has 8 nitrogen and oxygen atoms in total. The van der Waals surface area contributed by atoms with Crippen LogP contribution in [0.4, 0.5) is 0 Å². The fourth-order valence-corrected chi connectivity index (χ4v) is 3.99. The number of carboxylic acids is 1. The Morgan fingerprint density at radius 2 is 1.90 bits per heavy atom. The number of hydrogen-bond donors (Lipinski definition) is 2. The number of amides is 1. The highest BCUT2D eigenvalue weighted by Crippen LogP contribution is 2.34. The summed E-state index contributed by atoms with van der Waals surface area (Å²) in [6.07, 6.45) is 1.43. The fourth-order valence-electron chi connectivity index (χ4n) is 2.54. The third-order valence-electron chi connectivity index (χ3n) is 3.76. The minimum atomic E-state index is -1.08. The van der Waals surface area contributed by atoms with Crippen LogP contribution in [-0.4, -0.2) is 36.4 Å². The lowest BCUT2D eigenvalue weighted by Crippen LogP contribution is -2.16. The molecule has 30 heavy (non-hydrogen) atoms. The molecule has 3 rings (SSSR count). The second kappa shape index (κ2) is 9.77. The number of carbonyl (C=O) groups is 2. The smallest absolute Gasteiger partial charge is 0.341 e. The number of rotatable bonds is 8. The monoisotopic (exact) mass is 538 g/mol. The third kappa shape index (κ3) is 5.39. The van der Waals surface area contributed by atoms with E-state index < -0.39 is 18.5 Å². The summed E-state index contributed by atoms with van der Waals surface area (Å²) < 4.78 is 17.3. The van der Waals surface area contributed by atoms with Crippen LogP contribution in [0.3, 0.4) is 0 Å². The van der Waals surface area contributed by atoms with Gasteiger partial charge in [-0.3, -0.25) is 4.79 Å². The molecule has 3 aromatic rings. The molecule has 10 heteroatoms. The highest BCUT2D eigenvalue weighted by Gasteiger charge is 2.13. The van der Waals surface area contributed by atoms with Gasteiger partial charge in [0.05, 0.1) is 21.8 Å². The predicted octanol–water partition coefficient (Wildman–Crippen LogP) is 4.58. The molecular weight excluding hydrogens is 524 g/mol. The van der Waals surface area contributed by atoms with Crippen molar-refractivity contribution in [3.8, 4) is 11.5 Å². The first kappa shape index (κ1) is 21.8. The van der Waals surface area contributed by atoms with Crippen molar-refractivity contribution in [1.29, 1.82) is 0 Å². The van der Waals surface area contributed by atoms with Crippen LogP contribution < -0.4 is 14.9 Å². The van der Waals surface area contributed by atoms with Gasteiger partial charge in [-0.15, -0.1) is 0 Å². The lowest BCUT2D eigenvalue weighted by molar-refractivity contribution is -0.139. The van der Waals surface area contributed by atoms with E-state index in [2.05, 4.69) is 42.4 Å². The number of nitrogens with zero attached hydrogens (tertiary/aromatic N) is 1. The van der Waals surface area contributed by atoms with Gasteiger partial charge in [0.15, 0.2) is 12.4 Å². The molecule has 0 bridgehead atoms. The summed E-state index contributed by atoms with van der Waals surface area (Å²) in [6, 6.07) is 10.3. The van der Waals surface area contributed by atoms with Crippen molar-refractivity contribution in [2.75, 3.05) is 13.2 Å². The minimum Gasteiger partial charge on any atom is -0.494 e. The van der Waals surface area contributed by atoms with E-state index in [-0.39, 0.29) is 5.76 Å². The molecule has 0 aliphatic carbocycles. The number of ether oxygens (including phenoxy) is 2. The Kier molecular flexibility index (Phi) is 7.11. The van der Waals surface area contributed by atoms with Crippen LogP contribution in [0.5, 0.6) is 11.5 Å². The van der Waals surface area contributed by atoms with Crippen molar-refractivity contribution < 1.29 is 28.6 Å². The van der Waals surface area contributed by atoms with Crippen LogP contribution in [0.25, 0.3) is 11.0 Å². The lowest BCUT2D eigenvalue weighted by atomic mass is 10.2. The Hall–Kier alpha value is -2.85. The third-order valence-corrected chi connectivity index (χ3v) is 4.94. The maximum atomic E-state index is 12.3. The zero-order valence-electron chi connectivity index (χ0n) is 15.6. The molecule has 0 atom stereocenters. The topological polar surface area (TPSA) is 110 Å². The predicted molar refractivity (Wildman–Crippen MR) is 117 cm³/mol. The zero-order valence-corrected chi connectivity index (χ0v) is 18.8. The molecule has 2 N–H and O–H groups in total. The van der Waals surface area contributed by atoms with E-state index in [1.54, 1.807) is 36.4 Å². The van der Waals surface area contributed by atoms with Crippen LogP contribution in [0.15, 0.2) is 54.9 Å². The first-order valence-corrected chi connectivity index (χ1v) is 10.3. The molecule has 0 radical (unpaired) electrons. The minimum absolute atomic E-state index is 0.121. The Labute approximate surface area is 188 Å². The van der Waals surface area contributed by atoms with Gasteiger partial charge in [0, 0.05) is 5.39 Å². The van der Waals surface area contributed by atoms with Gasteiger partial charge < -0.3 is 19.0 Å². The highest BCUT2D eigenvalue weighted by atomic mass is 79.9. The number of nitrogens with one attached hydrogen (secondary N) is 1. The Bertz CT molecular complexity index is 1100. The zero-order chi connectivity index (χ0) is 21.7. The standard InChI is InChI=1S/C20H16Br2N2O6/c1-2-28-13-3-4-16-12(7-13)8-17(30-16)20(27)24-23-9-11-5-14(21)19(15(22)6-11)29-10-18(25)26/h3-9H,2,10H2,1H3,(H,24,27)(H,25,26)/b23-9+. The van der Waals surface area contributed by atoms with Gasteiger partial charge in [-0.1, -0.05) is 0 Å². The van der Waals surface area contributed by atoms with Crippen molar-refractivity contribution in [1.82, 2.24) is 5.43 Å². The number of carbonyl (C=O) groups excluding carboxylic acids is 1.